The van der Waals surface area contributed by atoms with Gasteiger partial charge >= 0.3 is 6.09 Å². The van der Waals surface area contributed by atoms with Crippen molar-refractivity contribution < 1.29 is 24.1 Å². The summed E-state index contributed by atoms with van der Waals surface area (Å²) >= 11 is 0. The van der Waals surface area contributed by atoms with E-state index in [1.165, 1.54) is 6.08 Å². The lowest BCUT2D eigenvalue weighted by molar-refractivity contribution is -0.252. The lowest BCUT2D eigenvalue weighted by atomic mass is 10.00. The van der Waals surface area contributed by atoms with Crippen LogP contribution in [0.1, 0.15) is 41.1 Å². The molecule has 1 aliphatic heterocycles. The molecule has 196 valence electrons. The molecule has 1 fully saturated rings. The number of aromatic nitrogens is 2. The van der Waals surface area contributed by atoms with Crippen molar-refractivity contribution in [3.8, 4) is 0 Å². The molecule has 0 bridgehead atoms. The number of amides is 1. The standard InChI is InChI=1S/C30H31N3O5/c1-2-15-36-30(35)31-17-21-7-13-24(14-8-21)29-37-25(18-33-20-32-26-5-3-4-6-27(26)33)16-28(38-29)23-11-9-22(19-34)10-12-23/h2-14,20,25,28-29,34H,1,15-19H2,(H,31,35). The first kappa shape index (κ1) is 25.7. The number of benzene rings is 3. The molecule has 0 saturated carbocycles. The SMILES string of the molecule is C=CCOC(=O)NCc1ccc(C2OC(Cn3cnc4ccccc43)CC(c3ccc(CO)cc3)O2)cc1. The van der Waals surface area contributed by atoms with Gasteiger partial charge in [0.15, 0.2) is 6.29 Å². The van der Waals surface area contributed by atoms with Gasteiger partial charge < -0.3 is 29.2 Å². The summed E-state index contributed by atoms with van der Waals surface area (Å²) < 4.78 is 20.0. The number of para-hydroxylation sites is 2. The van der Waals surface area contributed by atoms with Crippen molar-refractivity contribution in [1.29, 1.82) is 0 Å². The van der Waals surface area contributed by atoms with Crippen molar-refractivity contribution in [2.45, 2.75) is 44.6 Å². The zero-order valence-corrected chi connectivity index (χ0v) is 21.0. The van der Waals surface area contributed by atoms with Crippen molar-refractivity contribution in [3.63, 3.8) is 0 Å². The molecule has 5 rings (SSSR count). The third kappa shape index (κ3) is 6.11. The van der Waals surface area contributed by atoms with Crippen LogP contribution in [0.15, 0.2) is 91.8 Å². The van der Waals surface area contributed by atoms with E-state index >= 15 is 0 Å². The van der Waals surface area contributed by atoms with Crippen LogP contribution in [-0.2, 0) is 33.9 Å². The second-order valence-electron chi connectivity index (χ2n) is 9.22. The molecule has 2 heterocycles. The van der Waals surface area contributed by atoms with Crippen LogP contribution < -0.4 is 5.32 Å². The van der Waals surface area contributed by atoms with Gasteiger partial charge in [-0.1, -0.05) is 73.3 Å². The smallest absolute Gasteiger partial charge is 0.407 e. The molecule has 3 aromatic carbocycles. The molecule has 8 nitrogen and oxygen atoms in total. The Morgan fingerprint density at radius 2 is 1.79 bits per heavy atom. The lowest BCUT2D eigenvalue weighted by Gasteiger charge is -2.36. The van der Waals surface area contributed by atoms with Crippen molar-refractivity contribution >= 4 is 17.1 Å². The van der Waals surface area contributed by atoms with Gasteiger partial charge in [-0.3, -0.25) is 0 Å². The number of aliphatic hydroxyl groups excluding tert-OH is 1. The summed E-state index contributed by atoms with van der Waals surface area (Å²) in [6.45, 7) is 4.69. The molecule has 8 heteroatoms. The maximum absolute atomic E-state index is 11.7. The van der Waals surface area contributed by atoms with Gasteiger partial charge in [-0.2, -0.15) is 0 Å². The van der Waals surface area contributed by atoms with Crippen LogP contribution in [-0.4, -0.2) is 33.5 Å². The van der Waals surface area contributed by atoms with E-state index in [2.05, 4.69) is 27.5 Å². The minimum absolute atomic E-state index is 0.00104. The average molecular weight is 514 g/mol. The van der Waals surface area contributed by atoms with Crippen LogP contribution in [0.3, 0.4) is 0 Å². The van der Waals surface area contributed by atoms with Crippen molar-refractivity contribution in [3.05, 3.63) is 114 Å². The highest BCUT2D eigenvalue weighted by Gasteiger charge is 2.32. The number of alkyl carbamates (subject to hydrolysis) is 1. The fraction of sp³-hybridized carbons (Fsp3) is 0.267. The molecule has 1 aromatic heterocycles. The number of hydrogen-bond acceptors (Lipinski definition) is 6. The topological polar surface area (TPSA) is 94.8 Å². The minimum Gasteiger partial charge on any atom is -0.445 e. The van der Waals surface area contributed by atoms with Gasteiger partial charge in [0, 0.05) is 18.5 Å². The molecule has 2 N–H and O–H groups in total. The Morgan fingerprint density at radius 1 is 1.05 bits per heavy atom. The molecule has 4 aromatic rings. The monoisotopic (exact) mass is 513 g/mol. The second kappa shape index (κ2) is 12.0. The number of fused-ring (bicyclic) bond motifs is 1. The van der Waals surface area contributed by atoms with Gasteiger partial charge in [0.05, 0.1) is 42.7 Å². The summed E-state index contributed by atoms with van der Waals surface area (Å²) in [5, 5.41) is 12.2. The van der Waals surface area contributed by atoms with Gasteiger partial charge in [-0.25, -0.2) is 9.78 Å². The van der Waals surface area contributed by atoms with Crippen molar-refractivity contribution in [2.75, 3.05) is 6.61 Å². The van der Waals surface area contributed by atoms with E-state index in [4.69, 9.17) is 14.2 Å². The first-order chi connectivity index (χ1) is 18.6. The first-order valence-electron chi connectivity index (χ1n) is 12.6. The normalized spacial score (nSPS) is 19.2. The molecule has 0 aliphatic carbocycles. The van der Waals surface area contributed by atoms with E-state index < -0.39 is 12.4 Å². The number of rotatable bonds is 9. The Bertz CT molecular complexity index is 1370. The van der Waals surface area contributed by atoms with E-state index in [9.17, 15) is 9.90 Å². The molecule has 3 unspecified atom stereocenters. The second-order valence-corrected chi connectivity index (χ2v) is 9.22. The molecular formula is C30H31N3O5. The number of ether oxygens (including phenoxy) is 3. The third-order valence-corrected chi connectivity index (χ3v) is 6.56. The number of imidazole rings is 1. The predicted molar refractivity (Wildman–Crippen MR) is 143 cm³/mol. The summed E-state index contributed by atoms with van der Waals surface area (Å²) in [7, 11) is 0. The zero-order chi connectivity index (χ0) is 26.3. The number of nitrogens with zero attached hydrogens (tertiary/aromatic N) is 2. The quantitative estimate of drug-likeness (QED) is 0.299. The maximum Gasteiger partial charge on any atom is 0.407 e. The number of nitrogens with one attached hydrogen (secondary N) is 1. The zero-order valence-electron chi connectivity index (χ0n) is 21.0. The minimum atomic E-state index is -0.564. The Morgan fingerprint density at radius 3 is 2.55 bits per heavy atom. The molecule has 1 saturated heterocycles. The molecule has 0 spiro atoms. The number of aliphatic hydroxyl groups is 1. The molecule has 38 heavy (non-hydrogen) atoms. The fourth-order valence-corrected chi connectivity index (χ4v) is 4.56. The van der Waals surface area contributed by atoms with Crippen LogP contribution in [0.4, 0.5) is 4.79 Å². The van der Waals surface area contributed by atoms with E-state index in [-0.39, 0.29) is 25.4 Å². The predicted octanol–water partition coefficient (Wildman–Crippen LogP) is 5.19. The van der Waals surface area contributed by atoms with Gasteiger partial charge in [-0.15, -0.1) is 0 Å². The summed E-state index contributed by atoms with van der Waals surface area (Å²) in [5.41, 5.74) is 5.72. The Balaban J connectivity index is 1.33. The molecule has 1 amide bonds. The fourth-order valence-electron chi connectivity index (χ4n) is 4.56. The Hall–Kier alpha value is -3.98. The largest absolute Gasteiger partial charge is 0.445 e. The summed E-state index contributed by atoms with van der Waals surface area (Å²) in [4.78, 5) is 16.2. The molecule has 3 atom stereocenters. The molecule has 1 aliphatic rings. The number of hydrogen-bond donors (Lipinski definition) is 2. The van der Waals surface area contributed by atoms with Crippen LogP contribution >= 0.6 is 0 Å². The van der Waals surface area contributed by atoms with Gasteiger partial charge in [-0.05, 0) is 28.8 Å². The van der Waals surface area contributed by atoms with Crippen LogP contribution in [0.2, 0.25) is 0 Å². The van der Waals surface area contributed by atoms with Gasteiger partial charge in [0.25, 0.3) is 0 Å². The lowest BCUT2D eigenvalue weighted by Crippen LogP contribution is -2.32. The summed E-state index contributed by atoms with van der Waals surface area (Å²) in [6, 6.07) is 23.7. The number of carbonyl (C=O) groups excluding carboxylic acids is 1. The van der Waals surface area contributed by atoms with E-state index in [1.54, 1.807) is 0 Å². The van der Waals surface area contributed by atoms with E-state index in [0.29, 0.717) is 19.5 Å². The first-order valence-corrected chi connectivity index (χ1v) is 12.6. The van der Waals surface area contributed by atoms with Gasteiger partial charge in [0.1, 0.15) is 6.61 Å². The highest BCUT2D eigenvalue weighted by molar-refractivity contribution is 5.74. The van der Waals surface area contributed by atoms with E-state index in [1.807, 2.05) is 73.1 Å². The molecule has 0 radical (unpaired) electrons. The number of carbonyl (C=O) groups is 1. The third-order valence-electron chi connectivity index (χ3n) is 6.56. The van der Waals surface area contributed by atoms with Crippen LogP contribution in [0.5, 0.6) is 0 Å². The van der Waals surface area contributed by atoms with Crippen molar-refractivity contribution in [2.24, 2.45) is 0 Å². The summed E-state index contributed by atoms with van der Waals surface area (Å²) in [6.07, 6.45) is 2.71. The molecular weight excluding hydrogens is 482 g/mol. The van der Waals surface area contributed by atoms with Crippen LogP contribution in [0, 0.1) is 0 Å². The Kier molecular flexibility index (Phi) is 8.13. The highest BCUT2D eigenvalue weighted by atomic mass is 16.7. The van der Waals surface area contributed by atoms with Crippen molar-refractivity contribution in [1.82, 2.24) is 14.9 Å². The van der Waals surface area contributed by atoms with Crippen LogP contribution in [0.25, 0.3) is 11.0 Å². The summed E-state index contributed by atoms with van der Waals surface area (Å²) in [5.74, 6) is 0. The maximum atomic E-state index is 11.7. The highest BCUT2D eigenvalue weighted by Crippen LogP contribution is 2.38. The Labute approximate surface area is 221 Å². The van der Waals surface area contributed by atoms with E-state index in [0.717, 1.165) is 33.3 Å². The van der Waals surface area contributed by atoms with Gasteiger partial charge in [0.2, 0.25) is 0 Å². The average Bonchev–Trinajstić information content (AvgIpc) is 3.37.